The number of nitrogens with zero attached hydrogens (tertiary/aromatic N) is 1. The maximum atomic E-state index is 11.8. The first-order valence-corrected chi connectivity index (χ1v) is 5.92. The number of nitrogens with one attached hydrogen (secondary N) is 1. The molecule has 0 saturated heterocycles. The molecule has 16 heavy (non-hydrogen) atoms. The van der Waals surface area contributed by atoms with Crippen LogP contribution < -0.4 is 5.32 Å². The Hall–Kier alpha value is -0.620. The smallest absolute Gasteiger partial charge is 0.310 e. The summed E-state index contributed by atoms with van der Waals surface area (Å²) in [5.41, 5.74) is 0. The van der Waals surface area contributed by atoms with Gasteiger partial charge in [-0.3, -0.25) is 0 Å². The fourth-order valence-corrected chi connectivity index (χ4v) is 1.99. The Morgan fingerprint density at radius 2 is 2.12 bits per heavy atom. The molecule has 0 radical (unpaired) electrons. The summed E-state index contributed by atoms with van der Waals surface area (Å²) >= 11 is 1.54. The van der Waals surface area contributed by atoms with Crippen LogP contribution in [0.4, 0.5) is 13.2 Å². The van der Waals surface area contributed by atoms with E-state index in [4.69, 9.17) is 0 Å². The standard InChI is InChI=1S/C10H15F3N2S/c1-7(2)8-5-15-9(16-8)6-14-4-3-10(11,12)13/h5,7,14H,3-4,6H2,1-2H3. The van der Waals surface area contributed by atoms with Crippen molar-refractivity contribution >= 4 is 11.3 Å². The highest BCUT2D eigenvalue weighted by atomic mass is 32.1. The average molecular weight is 252 g/mol. The zero-order valence-corrected chi connectivity index (χ0v) is 10.1. The van der Waals surface area contributed by atoms with Crippen molar-refractivity contribution < 1.29 is 13.2 Å². The minimum atomic E-state index is -4.08. The van der Waals surface area contributed by atoms with Gasteiger partial charge in [0.25, 0.3) is 0 Å². The zero-order valence-electron chi connectivity index (χ0n) is 9.27. The highest BCUT2D eigenvalue weighted by Crippen LogP contribution is 2.22. The number of rotatable bonds is 5. The van der Waals surface area contributed by atoms with Crippen LogP contribution >= 0.6 is 11.3 Å². The molecule has 0 aromatic carbocycles. The molecule has 92 valence electrons. The summed E-state index contributed by atoms with van der Waals surface area (Å²) in [6.45, 7) is 4.48. The van der Waals surface area contributed by atoms with E-state index in [9.17, 15) is 13.2 Å². The van der Waals surface area contributed by atoms with Gasteiger partial charge in [-0.05, 0) is 5.92 Å². The molecule has 0 aliphatic carbocycles. The third-order valence-corrected chi connectivity index (χ3v) is 3.30. The van der Waals surface area contributed by atoms with Crippen LogP contribution in [0.5, 0.6) is 0 Å². The molecule has 0 amide bonds. The number of hydrogen-bond acceptors (Lipinski definition) is 3. The molecule has 1 rings (SSSR count). The van der Waals surface area contributed by atoms with Crippen molar-refractivity contribution in [2.45, 2.75) is 38.9 Å². The van der Waals surface area contributed by atoms with Gasteiger partial charge in [0.05, 0.1) is 6.42 Å². The van der Waals surface area contributed by atoms with Gasteiger partial charge in [-0.1, -0.05) is 13.8 Å². The second-order valence-electron chi connectivity index (χ2n) is 3.85. The molecule has 1 N–H and O–H groups in total. The number of thiazole rings is 1. The molecule has 0 aliphatic rings. The van der Waals surface area contributed by atoms with Crippen molar-refractivity contribution in [3.8, 4) is 0 Å². The van der Waals surface area contributed by atoms with Gasteiger partial charge in [0.15, 0.2) is 0 Å². The second-order valence-corrected chi connectivity index (χ2v) is 5.00. The van der Waals surface area contributed by atoms with Crippen molar-refractivity contribution in [2.24, 2.45) is 0 Å². The van der Waals surface area contributed by atoms with Gasteiger partial charge < -0.3 is 5.32 Å². The lowest BCUT2D eigenvalue weighted by atomic mass is 10.2. The van der Waals surface area contributed by atoms with Gasteiger partial charge in [-0.2, -0.15) is 13.2 Å². The fraction of sp³-hybridized carbons (Fsp3) is 0.700. The lowest BCUT2D eigenvalue weighted by Crippen LogP contribution is -2.21. The zero-order chi connectivity index (χ0) is 12.2. The summed E-state index contributed by atoms with van der Waals surface area (Å²) in [5, 5.41) is 3.58. The first kappa shape index (κ1) is 13.4. The Morgan fingerprint density at radius 3 is 2.62 bits per heavy atom. The minimum absolute atomic E-state index is 0.0555. The number of halogens is 3. The van der Waals surface area contributed by atoms with Crippen molar-refractivity contribution in [3.63, 3.8) is 0 Å². The van der Waals surface area contributed by atoms with Crippen LogP contribution in [0.2, 0.25) is 0 Å². The first-order chi connectivity index (χ1) is 7.38. The molecule has 1 aromatic rings. The van der Waals surface area contributed by atoms with Crippen molar-refractivity contribution in [1.29, 1.82) is 0 Å². The third-order valence-electron chi connectivity index (χ3n) is 2.00. The highest BCUT2D eigenvalue weighted by Gasteiger charge is 2.25. The van der Waals surface area contributed by atoms with Crippen LogP contribution in [0.25, 0.3) is 0 Å². The maximum absolute atomic E-state index is 11.8. The van der Waals surface area contributed by atoms with Crippen LogP contribution in [0, 0.1) is 0 Å². The number of hydrogen-bond donors (Lipinski definition) is 1. The molecule has 0 saturated carbocycles. The third kappa shape index (κ3) is 4.94. The summed E-state index contributed by atoms with van der Waals surface area (Å²) in [4.78, 5) is 5.31. The molecule has 0 unspecified atom stereocenters. The number of aromatic nitrogens is 1. The van der Waals surface area contributed by atoms with Gasteiger partial charge in [0, 0.05) is 24.2 Å². The van der Waals surface area contributed by atoms with Crippen LogP contribution in [-0.2, 0) is 6.54 Å². The molecule has 1 heterocycles. The molecule has 0 bridgehead atoms. The van der Waals surface area contributed by atoms with E-state index in [0.29, 0.717) is 12.5 Å². The summed E-state index contributed by atoms with van der Waals surface area (Å²) in [7, 11) is 0. The van der Waals surface area contributed by atoms with Gasteiger partial charge >= 0.3 is 6.18 Å². The lowest BCUT2D eigenvalue weighted by molar-refractivity contribution is -0.133. The van der Waals surface area contributed by atoms with Gasteiger partial charge in [0.2, 0.25) is 0 Å². The molecule has 0 spiro atoms. The monoisotopic (exact) mass is 252 g/mol. The Labute approximate surface area is 96.9 Å². The molecule has 6 heteroatoms. The molecular formula is C10H15F3N2S. The van der Waals surface area contributed by atoms with Crippen molar-refractivity contribution in [3.05, 3.63) is 16.1 Å². The maximum Gasteiger partial charge on any atom is 0.390 e. The first-order valence-electron chi connectivity index (χ1n) is 5.10. The largest absolute Gasteiger partial charge is 0.390 e. The molecule has 1 aromatic heterocycles. The van der Waals surface area contributed by atoms with Crippen molar-refractivity contribution in [2.75, 3.05) is 6.54 Å². The summed E-state index contributed by atoms with van der Waals surface area (Å²) < 4.78 is 35.5. The van der Waals surface area contributed by atoms with Gasteiger partial charge in [-0.15, -0.1) is 11.3 Å². The average Bonchev–Trinajstić information content (AvgIpc) is 2.59. The van der Waals surface area contributed by atoms with E-state index in [2.05, 4.69) is 24.1 Å². The Bertz CT molecular complexity index is 320. The van der Waals surface area contributed by atoms with Gasteiger partial charge in [-0.25, -0.2) is 4.98 Å². The van der Waals surface area contributed by atoms with E-state index in [1.54, 1.807) is 17.5 Å². The molecule has 2 nitrogen and oxygen atoms in total. The second kappa shape index (κ2) is 5.63. The predicted molar refractivity (Wildman–Crippen MR) is 58.6 cm³/mol. The molecule has 0 fully saturated rings. The Balaban J connectivity index is 2.27. The summed E-state index contributed by atoms with van der Waals surface area (Å²) in [6, 6.07) is 0. The van der Waals surface area contributed by atoms with Crippen LogP contribution in [-0.4, -0.2) is 17.7 Å². The molecule has 0 aliphatic heterocycles. The van der Waals surface area contributed by atoms with Gasteiger partial charge in [0.1, 0.15) is 5.01 Å². The van der Waals surface area contributed by atoms with Crippen LogP contribution in [0.15, 0.2) is 6.20 Å². The highest BCUT2D eigenvalue weighted by molar-refractivity contribution is 7.11. The van der Waals surface area contributed by atoms with E-state index in [-0.39, 0.29) is 6.54 Å². The van der Waals surface area contributed by atoms with E-state index >= 15 is 0 Å². The van der Waals surface area contributed by atoms with Crippen LogP contribution in [0.1, 0.15) is 36.1 Å². The lowest BCUT2D eigenvalue weighted by Gasteiger charge is -2.06. The quantitative estimate of drug-likeness (QED) is 0.813. The van der Waals surface area contributed by atoms with E-state index in [1.807, 2.05) is 0 Å². The fourth-order valence-electron chi connectivity index (χ4n) is 1.10. The molecule has 0 atom stereocenters. The number of alkyl halides is 3. The Kier molecular flexibility index (Phi) is 4.73. The van der Waals surface area contributed by atoms with E-state index in [0.717, 1.165) is 9.88 Å². The predicted octanol–water partition coefficient (Wildman–Crippen LogP) is 3.31. The SMILES string of the molecule is CC(C)c1cnc(CNCCC(F)(F)F)s1. The van der Waals surface area contributed by atoms with E-state index in [1.165, 1.54) is 0 Å². The summed E-state index contributed by atoms with van der Waals surface area (Å²) in [5.74, 6) is 0.418. The topological polar surface area (TPSA) is 24.9 Å². The minimum Gasteiger partial charge on any atom is -0.310 e. The molecular weight excluding hydrogens is 237 g/mol. The summed E-state index contributed by atoms with van der Waals surface area (Å²) in [6.07, 6.45) is -3.09. The normalized spacial score (nSPS) is 12.4. The van der Waals surface area contributed by atoms with E-state index < -0.39 is 12.6 Å². The van der Waals surface area contributed by atoms with Crippen molar-refractivity contribution in [1.82, 2.24) is 10.3 Å². The Morgan fingerprint density at radius 1 is 1.44 bits per heavy atom. The van der Waals surface area contributed by atoms with Crippen LogP contribution in [0.3, 0.4) is 0 Å².